The molecule has 2 heterocycles. The average Bonchev–Trinajstić information content (AvgIpc) is 2.49. The third-order valence-corrected chi connectivity index (χ3v) is 3.64. The van der Waals surface area contributed by atoms with E-state index in [0.29, 0.717) is 48.6 Å². The molecule has 0 spiro atoms. The van der Waals surface area contributed by atoms with Gasteiger partial charge in [0.2, 0.25) is 5.91 Å². The molecule has 2 aliphatic rings. The number of nitrogens with one attached hydrogen (secondary N) is 2. The van der Waals surface area contributed by atoms with Crippen LogP contribution in [-0.4, -0.2) is 44.9 Å². The van der Waals surface area contributed by atoms with Gasteiger partial charge in [-0.1, -0.05) is 11.6 Å². The summed E-state index contributed by atoms with van der Waals surface area (Å²) in [5, 5.41) is 6.41. The summed E-state index contributed by atoms with van der Waals surface area (Å²) in [6.07, 6.45) is 0.187. The van der Waals surface area contributed by atoms with Crippen LogP contribution in [0.3, 0.4) is 0 Å². The molecule has 0 bridgehead atoms. The molecule has 1 amide bonds. The van der Waals surface area contributed by atoms with Crippen molar-refractivity contribution in [2.75, 3.05) is 38.2 Å². The maximum Gasteiger partial charge on any atom is 0.227 e. The highest BCUT2D eigenvalue weighted by atomic mass is 35.5. The van der Waals surface area contributed by atoms with Gasteiger partial charge in [0.1, 0.15) is 13.2 Å². The molecule has 2 N–H and O–H groups in total. The van der Waals surface area contributed by atoms with E-state index < -0.39 is 0 Å². The summed E-state index contributed by atoms with van der Waals surface area (Å²) in [6.45, 7) is 3.13. The van der Waals surface area contributed by atoms with Crippen LogP contribution in [0.5, 0.6) is 11.5 Å². The molecule has 122 valence electrons. The largest absolute Gasteiger partial charge is 0.486 e. The zero-order valence-corrected chi connectivity index (χ0v) is 13.5. The van der Waals surface area contributed by atoms with Crippen LogP contribution in [0.15, 0.2) is 12.1 Å². The Morgan fingerprint density at radius 1 is 1.27 bits per heavy atom. The van der Waals surface area contributed by atoms with Gasteiger partial charge in [0.15, 0.2) is 11.5 Å². The van der Waals surface area contributed by atoms with Crippen molar-refractivity contribution in [1.29, 1.82) is 0 Å². The number of rotatable bonds is 3. The molecule has 6 nitrogen and oxygen atoms in total. The minimum atomic E-state index is -0.137. The Morgan fingerprint density at radius 2 is 2.00 bits per heavy atom. The van der Waals surface area contributed by atoms with Gasteiger partial charge in [-0.2, -0.15) is 0 Å². The quantitative estimate of drug-likeness (QED) is 0.872. The minimum absolute atomic E-state index is 0. The number of carbonyl (C=O) groups excluding carboxylic acids is 1. The lowest BCUT2D eigenvalue weighted by Gasteiger charge is -2.23. The molecule has 8 heteroatoms. The fourth-order valence-electron chi connectivity index (χ4n) is 2.32. The number of carbonyl (C=O) groups is 1. The summed E-state index contributed by atoms with van der Waals surface area (Å²) in [6, 6.07) is 3.35. The maximum atomic E-state index is 12.1. The Hall–Kier alpha value is -1.21. The molecule has 1 atom stereocenters. The van der Waals surface area contributed by atoms with Gasteiger partial charge in [-0.15, -0.1) is 12.4 Å². The first-order valence-electron chi connectivity index (χ1n) is 6.93. The standard InChI is InChI=1S/C14H17ClN2O4.ClH/c15-10-6-12-13(21-4-3-20-12)7-11(10)17-14(18)5-9-8-16-1-2-19-9;/h6-7,9,16H,1-5,8H2,(H,17,18);1H. The smallest absolute Gasteiger partial charge is 0.227 e. The van der Waals surface area contributed by atoms with Crippen molar-refractivity contribution in [3.8, 4) is 11.5 Å². The van der Waals surface area contributed by atoms with E-state index in [0.717, 1.165) is 6.54 Å². The highest BCUT2D eigenvalue weighted by Crippen LogP contribution is 2.38. The predicted molar refractivity (Wildman–Crippen MR) is 85.5 cm³/mol. The van der Waals surface area contributed by atoms with Crippen molar-refractivity contribution < 1.29 is 19.0 Å². The van der Waals surface area contributed by atoms with Gasteiger partial charge in [-0.05, 0) is 0 Å². The van der Waals surface area contributed by atoms with Crippen molar-refractivity contribution in [1.82, 2.24) is 5.32 Å². The summed E-state index contributed by atoms with van der Waals surface area (Å²) in [7, 11) is 0. The Bertz CT molecular complexity index is 536. The summed E-state index contributed by atoms with van der Waals surface area (Å²) in [5.74, 6) is 1.06. The van der Waals surface area contributed by atoms with Gasteiger partial charge in [0.25, 0.3) is 0 Å². The molecule has 1 saturated heterocycles. The van der Waals surface area contributed by atoms with Crippen LogP contribution in [0.2, 0.25) is 5.02 Å². The third-order valence-electron chi connectivity index (χ3n) is 3.32. The van der Waals surface area contributed by atoms with Crippen LogP contribution in [0, 0.1) is 0 Å². The lowest BCUT2D eigenvalue weighted by molar-refractivity contribution is -0.119. The maximum absolute atomic E-state index is 12.1. The molecule has 2 aliphatic heterocycles. The normalized spacial score (nSPS) is 20.0. The van der Waals surface area contributed by atoms with Crippen LogP contribution >= 0.6 is 24.0 Å². The van der Waals surface area contributed by atoms with E-state index >= 15 is 0 Å². The fraction of sp³-hybridized carbons (Fsp3) is 0.500. The third kappa shape index (κ3) is 4.16. The summed E-state index contributed by atoms with van der Waals surface area (Å²) >= 11 is 6.15. The lowest BCUT2D eigenvalue weighted by atomic mass is 10.2. The lowest BCUT2D eigenvalue weighted by Crippen LogP contribution is -2.40. The van der Waals surface area contributed by atoms with Gasteiger partial charge in [0.05, 0.1) is 29.8 Å². The number of halogens is 2. The molecule has 0 aromatic heterocycles. The molecule has 0 aliphatic carbocycles. The first kappa shape index (κ1) is 17.1. The van der Waals surface area contributed by atoms with Crippen LogP contribution in [0.1, 0.15) is 6.42 Å². The van der Waals surface area contributed by atoms with Gasteiger partial charge in [-0.25, -0.2) is 0 Å². The zero-order valence-electron chi connectivity index (χ0n) is 11.9. The second kappa shape index (κ2) is 7.87. The first-order valence-corrected chi connectivity index (χ1v) is 7.31. The number of morpholine rings is 1. The molecule has 3 rings (SSSR count). The Balaban J connectivity index is 0.00000176. The van der Waals surface area contributed by atoms with E-state index in [9.17, 15) is 4.79 Å². The second-order valence-corrected chi connectivity index (χ2v) is 5.33. The Labute approximate surface area is 139 Å². The van der Waals surface area contributed by atoms with Crippen molar-refractivity contribution in [3.63, 3.8) is 0 Å². The molecule has 1 aromatic carbocycles. The van der Waals surface area contributed by atoms with E-state index in [1.807, 2.05) is 0 Å². The summed E-state index contributed by atoms with van der Waals surface area (Å²) < 4.78 is 16.4. The van der Waals surface area contributed by atoms with Gasteiger partial charge < -0.3 is 24.8 Å². The molecule has 1 fully saturated rings. The molecule has 22 heavy (non-hydrogen) atoms. The van der Waals surface area contributed by atoms with Crippen LogP contribution in [-0.2, 0) is 9.53 Å². The van der Waals surface area contributed by atoms with Crippen LogP contribution in [0.25, 0.3) is 0 Å². The SMILES string of the molecule is Cl.O=C(CC1CNCCO1)Nc1cc2c(cc1Cl)OCCO2. The van der Waals surface area contributed by atoms with Crippen molar-refractivity contribution in [2.24, 2.45) is 0 Å². The van der Waals surface area contributed by atoms with E-state index in [1.165, 1.54) is 0 Å². The van der Waals surface area contributed by atoms with Crippen molar-refractivity contribution >= 4 is 35.6 Å². The fourth-order valence-corrected chi connectivity index (χ4v) is 2.52. The number of hydrogen-bond acceptors (Lipinski definition) is 5. The first-order chi connectivity index (χ1) is 10.2. The highest BCUT2D eigenvalue weighted by molar-refractivity contribution is 6.34. The van der Waals surface area contributed by atoms with E-state index in [-0.39, 0.29) is 30.8 Å². The van der Waals surface area contributed by atoms with Crippen molar-refractivity contribution in [3.05, 3.63) is 17.2 Å². The number of fused-ring (bicyclic) bond motifs is 1. The zero-order chi connectivity index (χ0) is 14.7. The van der Waals surface area contributed by atoms with Gasteiger partial charge in [-0.3, -0.25) is 4.79 Å². The monoisotopic (exact) mass is 348 g/mol. The highest BCUT2D eigenvalue weighted by Gasteiger charge is 2.20. The van der Waals surface area contributed by atoms with Gasteiger partial charge in [0, 0.05) is 25.2 Å². The van der Waals surface area contributed by atoms with E-state index in [2.05, 4.69) is 10.6 Å². The number of hydrogen-bond donors (Lipinski definition) is 2. The number of benzene rings is 1. The second-order valence-electron chi connectivity index (χ2n) is 4.92. The molecule has 1 aromatic rings. The number of amides is 1. The molecule has 0 saturated carbocycles. The van der Waals surface area contributed by atoms with Crippen LogP contribution in [0.4, 0.5) is 5.69 Å². The Morgan fingerprint density at radius 3 is 2.68 bits per heavy atom. The number of anilines is 1. The topological polar surface area (TPSA) is 68.8 Å². The van der Waals surface area contributed by atoms with Gasteiger partial charge >= 0.3 is 0 Å². The molecular formula is C14H18Cl2N2O4. The molecule has 1 unspecified atom stereocenters. The van der Waals surface area contributed by atoms with E-state index in [1.54, 1.807) is 12.1 Å². The number of ether oxygens (including phenoxy) is 3. The van der Waals surface area contributed by atoms with Crippen molar-refractivity contribution in [2.45, 2.75) is 12.5 Å². The summed E-state index contributed by atoms with van der Waals surface area (Å²) in [4.78, 5) is 12.1. The molecular weight excluding hydrogens is 331 g/mol. The summed E-state index contributed by atoms with van der Waals surface area (Å²) in [5.41, 5.74) is 0.523. The Kier molecular flexibility index (Phi) is 6.14. The van der Waals surface area contributed by atoms with E-state index in [4.69, 9.17) is 25.8 Å². The minimum Gasteiger partial charge on any atom is -0.486 e. The predicted octanol–water partition coefficient (Wildman–Crippen LogP) is 1.85. The van der Waals surface area contributed by atoms with Crippen LogP contribution < -0.4 is 20.1 Å². The molecule has 0 radical (unpaired) electrons. The average molecular weight is 349 g/mol.